The van der Waals surface area contributed by atoms with Gasteiger partial charge in [-0.1, -0.05) is 0 Å². The van der Waals surface area contributed by atoms with E-state index in [0.29, 0.717) is 49.8 Å². The molecular formula is C12H17FN2O2. The van der Waals surface area contributed by atoms with Crippen molar-refractivity contribution in [2.45, 2.75) is 6.42 Å². The zero-order valence-electron chi connectivity index (χ0n) is 9.62. The van der Waals surface area contributed by atoms with Crippen LogP contribution in [0.5, 0.6) is 11.5 Å². The van der Waals surface area contributed by atoms with Crippen LogP contribution in [0.25, 0.3) is 0 Å². The van der Waals surface area contributed by atoms with Gasteiger partial charge in [-0.3, -0.25) is 0 Å². The zero-order valence-corrected chi connectivity index (χ0v) is 9.62. The molecule has 0 aromatic heterocycles. The lowest BCUT2D eigenvalue weighted by atomic mass is 9.98. The van der Waals surface area contributed by atoms with Crippen LogP contribution in [0.15, 0.2) is 12.1 Å². The Labute approximate surface area is 99.7 Å². The van der Waals surface area contributed by atoms with Crippen LogP contribution < -0.4 is 20.9 Å². The van der Waals surface area contributed by atoms with Gasteiger partial charge in [0, 0.05) is 6.07 Å². The Hall–Kier alpha value is -1.33. The van der Waals surface area contributed by atoms with Gasteiger partial charge in [0.15, 0.2) is 11.5 Å². The molecule has 1 aromatic carbocycles. The van der Waals surface area contributed by atoms with E-state index in [2.05, 4.69) is 0 Å². The summed E-state index contributed by atoms with van der Waals surface area (Å²) < 4.78 is 24.5. The third-order valence-corrected chi connectivity index (χ3v) is 2.89. The van der Waals surface area contributed by atoms with Crippen LogP contribution in [0.1, 0.15) is 5.56 Å². The highest BCUT2D eigenvalue weighted by atomic mass is 19.1. The molecule has 0 aliphatic carbocycles. The lowest BCUT2D eigenvalue weighted by Gasteiger charge is -2.20. The molecular weight excluding hydrogens is 223 g/mol. The van der Waals surface area contributed by atoms with E-state index in [1.54, 1.807) is 6.07 Å². The molecule has 0 unspecified atom stereocenters. The lowest BCUT2D eigenvalue weighted by Crippen LogP contribution is -2.25. The van der Waals surface area contributed by atoms with E-state index in [4.69, 9.17) is 20.9 Å². The van der Waals surface area contributed by atoms with Crippen molar-refractivity contribution in [1.82, 2.24) is 0 Å². The Bertz CT molecular complexity index is 394. The Morgan fingerprint density at radius 1 is 1.12 bits per heavy atom. The highest BCUT2D eigenvalue weighted by molar-refractivity contribution is 5.44. The minimum atomic E-state index is -0.291. The van der Waals surface area contributed by atoms with Crippen LogP contribution in [0, 0.1) is 11.7 Å². The van der Waals surface area contributed by atoms with Gasteiger partial charge in [0.2, 0.25) is 0 Å². The minimum Gasteiger partial charge on any atom is -0.486 e. The lowest BCUT2D eigenvalue weighted by molar-refractivity contribution is 0.170. The number of benzene rings is 1. The molecule has 1 aromatic rings. The second-order valence-electron chi connectivity index (χ2n) is 4.13. The molecule has 0 radical (unpaired) electrons. The summed E-state index contributed by atoms with van der Waals surface area (Å²) in [6, 6.07) is 3.05. The van der Waals surface area contributed by atoms with E-state index in [0.717, 1.165) is 0 Å². The van der Waals surface area contributed by atoms with E-state index < -0.39 is 0 Å². The largest absolute Gasteiger partial charge is 0.486 e. The maximum Gasteiger partial charge on any atom is 0.164 e. The Morgan fingerprint density at radius 3 is 2.29 bits per heavy atom. The topological polar surface area (TPSA) is 70.5 Å². The average molecular weight is 240 g/mol. The van der Waals surface area contributed by atoms with Crippen LogP contribution in [-0.2, 0) is 6.42 Å². The molecule has 2 rings (SSSR count). The smallest absolute Gasteiger partial charge is 0.164 e. The molecule has 1 heterocycles. The number of ether oxygens (including phenoxy) is 2. The summed E-state index contributed by atoms with van der Waals surface area (Å²) >= 11 is 0. The predicted molar refractivity (Wildman–Crippen MR) is 62.7 cm³/mol. The fourth-order valence-corrected chi connectivity index (χ4v) is 1.84. The monoisotopic (exact) mass is 240 g/mol. The molecule has 1 aliphatic heterocycles. The first kappa shape index (κ1) is 12.1. The van der Waals surface area contributed by atoms with Crippen LogP contribution >= 0.6 is 0 Å². The van der Waals surface area contributed by atoms with Crippen molar-refractivity contribution in [2.75, 3.05) is 26.3 Å². The van der Waals surface area contributed by atoms with Crippen LogP contribution in [0.3, 0.4) is 0 Å². The fraction of sp³-hybridized carbons (Fsp3) is 0.500. The Kier molecular flexibility index (Phi) is 3.81. The van der Waals surface area contributed by atoms with E-state index in [9.17, 15) is 4.39 Å². The summed E-state index contributed by atoms with van der Waals surface area (Å²) in [4.78, 5) is 0. The van der Waals surface area contributed by atoms with Crippen LogP contribution in [0.2, 0.25) is 0 Å². The third-order valence-electron chi connectivity index (χ3n) is 2.89. The van der Waals surface area contributed by atoms with Crippen molar-refractivity contribution >= 4 is 0 Å². The average Bonchev–Trinajstić information content (AvgIpc) is 2.36. The highest BCUT2D eigenvalue weighted by Gasteiger charge is 2.17. The van der Waals surface area contributed by atoms with E-state index in [-0.39, 0.29) is 11.7 Å². The number of halogens is 1. The van der Waals surface area contributed by atoms with Crippen molar-refractivity contribution in [3.8, 4) is 11.5 Å². The Balaban J connectivity index is 2.22. The quantitative estimate of drug-likeness (QED) is 0.811. The normalized spacial score (nSPS) is 14.1. The summed E-state index contributed by atoms with van der Waals surface area (Å²) in [6.07, 6.45) is 0.523. The highest BCUT2D eigenvalue weighted by Crippen LogP contribution is 2.33. The molecule has 94 valence electrons. The summed E-state index contributed by atoms with van der Waals surface area (Å²) in [5, 5.41) is 0. The molecule has 17 heavy (non-hydrogen) atoms. The maximum absolute atomic E-state index is 13.8. The molecule has 4 nitrogen and oxygen atoms in total. The van der Waals surface area contributed by atoms with Gasteiger partial charge in [-0.25, -0.2) is 4.39 Å². The van der Waals surface area contributed by atoms with Crippen molar-refractivity contribution in [1.29, 1.82) is 0 Å². The predicted octanol–water partition coefficient (Wildman–Crippen LogP) is 0.673. The van der Waals surface area contributed by atoms with E-state index >= 15 is 0 Å². The molecule has 5 heteroatoms. The number of nitrogens with two attached hydrogens (primary N) is 2. The van der Waals surface area contributed by atoms with E-state index in [1.165, 1.54) is 6.07 Å². The summed E-state index contributed by atoms with van der Waals surface area (Å²) in [5.41, 5.74) is 11.7. The minimum absolute atomic E-state index is 0.0899. The van der Waals surface area contributed by atoms with Gasteiger partial charge in [0.25, 0.3) is 0 Å². The molecule has 0 fully saturated rings. The summed E-state index contributed by atoms with van der Waals surface area (Å²) in [6.45, 7) is 1.85. The first-order valence-electron chi connectivity index (χ1n) is 5.72. The molecule has 4 N–H and O–H groups in total. The first-order valence-corrected chi connectivity index (χ1v) is 5.72. The van der Waals surface area contributed by atoms with Crippen molar-refractivity contribution < 1.29 is 13.9 Å². The molecule has 0 atom stereocenters. The van der Waals surface area contributed by atoms with Gasteiger partial charge in [0.05, 0.1) is 0 Å². The van der Waals surface area contributed by atoms with Crippen LogP contribution in [0.4, 0.5) is 4.39 Å². The van der Waals surface area contributed by atoms with Gasteiger partial charge in [-0.2, -0.15) is 0 Å². The van der Waals surface area contributed by atoms with Crippen molar-refractivity contribution in [2.24, 2.45) is 17.4 Å². The van der Waals surface area contributed by atoms with Gasteiger partial charge >= 0.3 is 0 Å². The number of rotatable bonds is 4. The van der Waals surface area contributed by atoms with Gasteiger partial charge < -0.3 is 20.9 Å². The number of fused-ring (bicyclic) bond motifs is 1. The number of hydrogen-bond acceptors (Lipinski definition) is 4. The Morgan fingerprint density at radius 2 is 1.71 bits per heavy atom. The van der Waals surface area contributed by atoms with Crippen LogP contribution in [-0.4, -0.2) is 26.3 Å². The summed E-state index contributed by atoms with van der Waals surface area (Å²) in [7, 11) is 0. The first-order chi connectivity index (χ1) is 8.24. The van der Waals surface area contributed by atoms with Crippen molar-refractivity contribution in [3.05, 3.63) is 23.5 Å². The fourth-order valence-electron chi connectivity index (χ4n) is 1.84. The second-order valence-corrected chi connectivity index (χ2v) is 4.13. The molecule has 0 spiro atoms. The second kappa shape index (κ2) is 5.33. The SMILES string of the molecule is NCC(CN)Cc1cc2c(cc1F)OCCO2. The third kappa shape index (κ3) is 2.68. The van der Waals surface area contributed by atoms with Crippen molar-refractivity contribution in [3.63, 3.8) is 0 Å². The molecule has 0 saturated heterocycles. The molecule has 0 amide bonds. The van der Waals surface area contributed by atoms with Gasteiger partial charge in [-0.05, 0) is 37.1 Å². The summed E-state index contributed by atoms with van der Waals surface area (Å²) in [5.74, 6) is 0.864. The molecule has 0 bridgehead atoms. The van der Waals surface area contributed by atoms with Gasteiger partial charge in [-0.15, -0.1) is 0 Å². The van der Waals surface area contributed by atoms with E-state index in [1.807, 2.05) is 0 Å². The number of hydrogen-bond donors (Lipinski definition) is 2. The zero-order chi connectivity index (χ0) is 12.3. The standard InChI is InChI=1S/C12H17FN2O2/c13-10-5-12-11(16-1-2-17-12)4-9(10)3-8(6-14)7-15/h4-5,8H,1-3,6-7,14-15H2. The molecule has 1 aliphatic rings. The van der Waals surface area contributed by atoms with Gasteiger partial charge in [0.1, 0.15) is 19.0 Å². The maximum atomic E-state index is 13.8. The molecule has 0 saturated carbocycles.